The molecule has 0 aliphatic carbocycles. The Hall–Kier alpha value is -5.16. The average molecular weight is 809 g/mol. The number of allylic oxidation sites excluding steroid dienone is 2. The predicted octanol–water partition coefficient (Wildman–Crippen LogP) is 3.68. The molecule has 4 aliphatic rings. The lowest BCUT2D eigenvalue weighted by molar-refractivity contribution is -0.159. The maximum absolute atomic E-state index is 14.3. The van der Waals surface area contributed by atoms with Crippen LogP contribution in [0.4, 0.5) is 5.69 Å². The number of phenolic OH excluding ortho intramolecular Hbond substituents is 3. The molecule has 3 unspecified atom stereocenters. The number of Topliss-reactive ketones (excluding diaryl/α,β-unsaturated/α-hetero) is 1. The van der Waals surface area contributed by atoms with Crippen LogP contribution in [-0.4, -0.2) is 128 Å². The van der Waals surface area contributed by atoms with Crippen molar-refractivity contribution in [2.75, 3.05) is 38.5 Å². The van der Waals surface area contributed by atoms with Gasteiger partial charge in [0.2, 0.25) is 0 Å². The molecule has 6 rings (SSSR count). The van der Waals surface area contributed by atoms with Crippen LogP contribution in [0, 0.1) is 30.6 Å². The molecule has 1 amide bonds. The summed E-state index contributed by atoms with van der Waals surface area (Å²) in [5.74, 6) is -9.00. The molecule has 0 aromatic heterocycles. The molecule has 16 heteroatoms. The first kappa shape index (κ1) is 44.0. The Morgan fingerprint density at radius 3 is 2.22 bits per heavy atom. The molecule has 0 radical (unpaired) electrons. The molecule has 0 saturated carbocycles. The van der Waals surface area contributed by atoms with Gasteiger partial charge in [0, 0.05) is 80.2 Å². The summed E-state index contributed by atoms with van der Waals surface area (Å²) in [6, 6.07) is 0. The number of carbonyl (C=O) groups is 3. The van der Waals surface area contributed by atoms with E-state index in [9.17, 15) is 45.0 Å². The second-order valence-electron chi connectivity index (χ2n) is 15.9. The van der Waals surface area contributed by atoms with Gasteiger partial charge in [0.25, 0.3) is 11.7 Å². The fourth-order valence-electron chi connectivity index (χ4n) is 7.64. The van der Waals surface area contributed by atoms with Crippen molar-refractivity contribution < 1.29 is 59.2 Å². The smallest absolute Gasteiger partial charge is 0.312 e. The lowest BCUT2D eigenvalue weighted by Crippen LogP contribution is -2.46. The van der Waals surface area contributed by atoms with E-state index >= 15 is 0 Å². The van der Waals surface area contributed by atoms with Gasteiger partial charge in [0.1, 0.15) is 23.4 Å². The standard InChI is InChI=1S/C42H56N4O12/c1-20-11-10-12-21(2)41(55)44-32-27(19-43-46-16-14-45(9)15-17-46)36(52)29-30(37(32)53)35(51)25(6)39-31(29)40(54)42(8,58-39)56-18-13-28(48)22(3)38(57-26(7)47)24(5)34(50)23(4)33(20)49/h10-13,18-20,22-24,28,33-34,38,48-53H,14-17H2,1-9H3,(H,44,55)/b11-10?,18-13?,21-12?,43-19+/t20-,22?,23?,24+,28-,33?,34+,38+,42-/m0/s1. The third-order valence-electron chi connectivity index (χ3n) is 11.6. The van der Waals surface area contributed by atoms with Crippen molar-refractivity contribution in [3.05, 3.63) is 52.8 Å². The van der Waals surface area contributed by atoms with E-state index in [-0.39, 0.29) is 44.5 Å². The number of piperazine rings is 1. The van der Waals surface area contributed by atoms with E-state index < -0.39 is 88.8 Å². The molecule has 16 nitrogen and oxygen atoms in total. The maximum Gasteiger partial charge on any atom is 0.312 e. The number of fused-ring (bicyclic) bond motifs is 14. The van der Waals surface area contributed by atoms with Gasteiger partial charge in [-0.15, -0.1) is 0 Å². The number of hydrazone groups is 1. The minimum atomic E-state index is -2.10. The number of likely N-dealkylation sites (N-methyl/N-ethyl adjacent to an activating group) is 1. The number of rotatable bonds is 3. The van der Waals surface area contributed by atoms with Crippen molar-refractivity contribution in [2.24, 2.45) is 28.8 Å². The number of aliphatic hydroxyl groups excluding tert-OH is 3. The van der Waals surface area contributed by atoms with Gasteiger partial charge >= 0.3 is 11.8 Å². The summed E-state index contributed by atoms with van der Waals surface area (Å²) in [5.41, 5.74) is -0.459. The number of hydrogen-bond acceptors (Lipinski definition) is 15. The van der Waals surface area contributed by atoms with E-state index in [4.69, 9.17) is 14.2 Å². The third-order valence-corrected chi connectivity index (χ3v) is 11.6. The number of hydrogen-bond donors (Lipinski definition) is 7. The zero-order valence-corrected chi connectivity index (χ0v) is 34.4. The van der Waals surface area contributed by atoms with Crippen molar-refractivity contribution in [1.29, 1.82) is 0 Å². The largest absolute Gasteiger partial charge is 0.507 e. The Labute approximate surface area is 337 Å². The van der Waals surface area contributed by atoms with E-state index in [0.717, 1.165) is 6.26 Å². The summed E-state index contributed by atoms with van der Waals surface area (Å²) < 4.78 is 17.5. The highest BCUT2D eigenvalue weighted by Gasteiger charge is 2.50. The number of nitrogens with one attached hydrogen (secondary N) is 1. The molecule has 58 heavy (non-hydrogen) atoms. The van der Waals surface area contributed by atoms with Crippen LogP contribution in [0.2, 0.25) is 0 Å². The number of amides is 1. The summed E-state index contributed by atoms with van der Waals surface area (Å²) >= 11 is 0. The average Bonchev–Trinajstić information content (AvgIpc) is 3.44. The highest BCUT2D eigenvalue weighted by Crippen LogP contribution is 2.55. The van der Waals surface area contributed by atoms with Crippen LogP contribution >= 0.6 is 0 Å². The van der Waals surface area contributed by atoms with Crippen molar-refractivity contribution in [2.45, 2.75) is 85.6 Å². The van der Waals surface area contributed by atoms with E-state index in [2.05, 4.69) is 15.3 Å². The van der Waals surface area contributed by atoms with Crippen LogP contribution in [-0.2, 0) is 19.1 Å². The molecule has 316 valence electrons. The fourth-order valence-corrected chi connectivity index (χ4v) is 7.64. The maximum atomic E-state index is 14.3. The zero-order chi connectivity index (χ0) is 43.0. The van der Waals surface area contributed by atoms with E-state index in [1.165, 1.54) is 46.1 Å². The summed E-state index contributed by atoms with van der Waals surface area (Å²) in [4.78, 5) is 42.4. The SMILES string of the molecule is CC(=O)O[C@@H]1C(C)[C@@H](O)C=CO[C@@]2(C)Oc3c(C)c(O)c4c(O)c(c(/C=N/N5CCN(C)CC5)c(O)c4c3C2=O)NC(=O)C(C)=CC=C[C@H](C)C(O)C(C)[C@@H](O)[C@H]1C. The minimum absolute atomic E-state index is 0.0284. The number of benzene rings is 2. The molecular weight excluding hydrogens is 752 g/mol. The van der Waals surface area contributed by atoms with E-state index in [0.29, 0.717) is 26.2 Å². The number of ether oxygens (including phenoxy) is 3. The van der Waals surface area contributed by atoms with Crippen molar-refractivity contribution in [1.82, 2.24) is 9.91 Å². The minimum Gasteiger partial charge on any atom is -0.507 e. The normalized spacial score (nSPS) is 30.4. The van der Waals surface area contributed by atoms with E-state index in [1.54, 1.807) is 44.9 Å². The van der Waals surface area contributed by atoms with Gasteiger partial charge in [-0.1, -0.05) is 45.9 Å². The topological polar surface area (TPSA) is 231 Å². The molecular formula is C42H56N4O12. The number of aromatic hydroxyl groups is 3. The number of phenols is 3. The number of esters is 1. The van der Waals surface area contributed by atoms with Crippen molar-refractivity contribution in [3.63, 3.8) is 0 Å². The predicted molar refractivity (Wildman–Crippen MR) is 216 cm³/mol. The van der Waals surface area contributed by atoms with Crippen LogP contribution < -0.4 is 10.1 Å². The summed E-state index contributed by atoms with van der Waals surface area (Å²) in [7, 11) is 1.98. The highest BCUT2D eigenvalue weighted by molar-refractivity contribution is 6.23. The number of anilines is 1. The monoisotopic (exact) mass is 808 g/mol. The molecule has 1 saturated heterocycles. The molecule has 4 heterocycles. The second-order valence-corrected chi connectivity index (χ2v) is 15.9. The molecule has 0 spiro atoms. The summed E-state index contributed by atoms with van der Waals surface area (Å²) in [6.07, 6.45) is 3.58. The molecule has 2 aromatic carbocycles. The van der Waals surface area contributed by atoms with Gasteiger partial charge < -0.3 is 55.1 Å². The van der Waals surface area contributed by atoms with E-state index in [1.807, 2.05) is 7.05 Å². The first-order valence-electron chi connectivity index (χ1n) is 19.4. The number of carbonyl (C=O) groups excluding carboxylic acids is 3. The molecule has 5 bridgehead atoms. The Morgan fingerprint density at radius 2 is 1.59 bits per heavy atom. The molecule has 7 N–H and O–H groups in total. The Bertz CT molecular complexity index is 2050. The Morgan fingerprint density at radius 1 is 0.931 bits per heavy atom. The van der Waals surface area contributed by atoms with Gasteiger partial charge in [0.15, 0.2) is 5.75 Å². The highest BCUT2D eigenvalue weighted by atomic mass is 16.7. The van der Waals surface area contributed by atoms with Crippen molar-refractivity contribution in [3.8, 4) is 23.0 Å². The van der Waals surface area contributed by atoms with Gasteiger partial charge in [-0.3, -0.25) is 19.4 Å². The molecule has 1 fully saturated rings. The van der Waals surface area contributed by atoms with Crippen molar-refractivity contribution >= 4 is 40.3 Å². The van der Waals surface area contributed by atoms with Gasteiger partial charge in [-0.05, 0) is 27.0 Å². The van der Waals surface area contributed by atoms with Crippen LogP contribution in [0.1, 0.15) is 70.0 Å². The van der Waals surface area contributed by atoms with Crippen LogP contribution in [0.15, 0.2) is 41.2 Å². The summed E-state index contributed by atoms with van der Waals surface area (Å²) in [5, 5.41) is 77.7. The van der Waals surface area contributed by atoms with Gasteiger partial charge in [0.05, 0.1) is 53.0 Å². The van der Waals surface area contributed by atoms with Crippen LogP contribution in [0.5, 0.6) is 23.0 Å². The Kier molecular flexibility index (Phi) is 13.2. The van der Waals surface area contributed by atoms with Crippen LogP contribution in [0.25, 0.3) is 10.8 Å². The molecule has 9 atom stereocenters. The molecule has 2 aromatic rings. The quantitative estimate of drug-likeness (QED) is 0.102. The number of aliphatic hydroxyl groups is 3. The molecule has 4 aliphatic heterocycles. The lowest BCUT2D eigenvalue weighted by Gasteiger charge is -2.37. The van der Waals surface area contributed by atoms with Gasteiger partial charge in [-0.2, -0.15) is 5.10 Å². The van der Waals surface area contributed by atoms with Gasteiger partial charge in [-0.25, -0.2) is 0 Å². The number of nitrogens with zero attached hydrogens (tertiary/aromatic N) is 3. The summed E-state index contributed by atoms with van der Waals surface area (Å²) in [6.45, 7) is 14.6. The Balaban J connectivity index is 1.69. The third kappa shape index (κ3) is 8.51. The fraction of sp³-hybridized carbons (Fsp3) is 0.524. The second kappa shape index (κ2) is 17.4. The lowest BCUT2D eigenvalue weighted by atomic mass is 9.78. The first-order valence-corrected chi connectivity index (χ1v) is 19.4. The zero-order valence-electron chi connectivity index (χ0n) is 34.4. The first-order chi connectivity index (χ1) is 27.2. The number of ketones is 1. The van der Waals surface area contributed by atoms with Crippen LogP contribution in [0.3, 0.4) is 0 Å².